The fourth-order valence-electron chi connectivity index (χ4n) is 5.46. The molecule has 3 aliphatic rings. The number of anilines is 2. The van der Waals surface area contributed by atoms with E-state index in [0.717, 1.165) is 37.3 Å². The molecule has 0 aliphatic heterocycles. The van der Waals surface area contributed by atoms with Crippen molar-refractivity contribution in [1.82, 2.24) is 20.4 Å². The summed E-state index contributed by atoms with van der Waals surface area (Å²) in [6.45, 7) is 0. The first-order chi connectivity index (χ1) is 15.9. The van der Waals surface area contributed by atoms with Gasteiger partial charge in [-0.3, -0.25) is 5.41 Å². The number of fused-ring (bicyclic) bond motifs is 4. The zero-order valence-corrected chi connectivity index (χ0v) is 18.6. The first-order valence-corrected chi connectivity index (χ1v) is 11.9. The van der Waals surface area contributed by atoms with Crippen LogP contribution in [-0.4, -0.2) is 43.2 Å². The van der Waals surface area contributed by atoms with Gasteiger partial charge in [0.15, 0.2) is 5.82 Å². The number of halogens is 1. The number of pyridine rings is 1. The molecule has 1 unspecified atom stereocenters. The van der Waals surface area contributed by atoms with Gasteiger partial charge >= 0.3 is 0 Å². The minimum absolute atomic E-state index is 0.0425. The first-order valence-electron chi connectivity index (χ1n) is 11.0. The SMILES string of the molecule is N=C(c1nc(N[C@H]2C3CCC(CC3)[C@@H]2CC(O)NO)c2ccsc2n1)c1cc(F)cnc1N. The minimum Gasteiger partial charge on any atom is -0.383 e. The van der Waals surface area contributed by atoms with Crippen molar-refractivity contribution in [3.8, 4) is 0 Å². The Labute approximate surface area is 193 Å². The number of nitrogens with two attached hydrogens (primary N) is 1. The summed E-state index contributed by atoms with van der Waals surface area (Å²) < 4.78 is 13.8. The molecule has 0 aromatic carbocycles. The molecule has 0 spiro atoms. The van der Waals surface area contributed by atoms with Gasteiger partial charge < -0.3 is 21.4 Å². The zero-order chi connectivity index (χ0) is 23.1. The molecule has 33 heavy (non-hydrogen) atoms. The van der Waals surface area contributed by atoms with E-state index in [4.69, 9.17) is 16.4 Å². The highest BCUT2D eigenvalue weighted by Crippen LogP contribution is 2.48. The second kappa shape index (κ2) is 8.90. The van der Waals surface area contributed by atoms with E-state index in [-0.39, 0.29) is 34.9 Å². The van der Waals surface area contributed by atoms with Crippen molar-refractivity contribution in [2.45, 2.75) is 44.4 Å². The molecule has 0 radical (unpaired) electrons. The first kappa shape index (κ1) is 22.1. The molecular weight excluding hydrogens is 445 g/mol. The number of aromatic nitrogens is 3. The molecule has 3 aromatic rings. The Bertz CT molecular complexity index is 1180. The summed E-state index contributed by atoms with van der Waals surface area (Å²) in [6.07, 6.45) is 4.90. The van der Waals surface area contributed by atoms with E-state index < -0.39 is 12.0 Å². The lowest BCUT2D eigenvalue weighted by molar-refractivity contribution is -0.0363. The molecule has 3 fully saturated rings. The van der Waals surface area contributed by atoms with Crippen LogP contribution in [0.2, 0.25) is 0 Å². The van der Waals surface area contributed by atoms with Gasteiger partial charge in [0.25, 0.3) is 0 Å². The fraction of sp³-hybridized carbons (Fsp3) is 0.455. The van der Waals surface area contributed by atoms with Crippen molar-refractivity contribution >= 4 is 38.9 Å². The lowest BCUT2D eigenvalue weighted by Gasteiger charge is -2.49. The average molecular weight is 472 g/mol. The summed E-state index contributed by atoms with van der Waals surface area (Å²) in [4.78, 5) is 13.7. The summed E-state index contributed by atoms with van der Waals surface area (Å²) in [5.41, 5.74) is 7.89. The minimum atomic E-state index is -0.989. The van der Waals surface area contributed by atoms with Gasteiger partial charge in [0.1, 0.15) is 34.2 Å². The summed E-state index contributed by atoms with van der Waals surface area (Å²) in [6, 6.07) is 3.18. The average Bonchev–Trinajstić information content (AvgIpc) is 3.31. The van der Waals surface area contributed by atoms with Crippen molar-refractivity contribution in [3.63, 3.8) is 0 Å². The van der Waals surface area contributed by atoms with Gasteiger partial charge in [0.05, 0.1) is 11.6 Å². The van der Waals surface area contributed by atoms with Crippen LogP contribution in [0.5, 0.6) is 0 Å². The second-order valence-electron chi connectivity index (χ2n) is 8.89. The zero-order valence-electron chi connectivity index (χ0n) is 17.8. The number of thiophene rings is 1. The van der Waals surface area contributed by atoms with Crippen LogP contribution in [0.1, 0.15) is 43.5 Å². The highest BCUT2D eigenvalue weighted by atomic mass is 32.1. The summed E-state index contributed by atoms with van der Waals surface area (Å²) in [5.74, 6) is 1.27. The molecule has 0 saturated heterocycles. The molecule has 3 saturated carbocycles. The topological polar surface area (TPSA) is 153 Å². The number of rotatable bonds is 7. The molecule has 9 nitrogen and oxygen atoms in total. The quantitative estimate of drug-likeness (QED) is 0.175. The van der Waals surface area contributed by atoms with E-state index in [2.05, 4.69) is 20.3 Å². The maximum Gasteiger partial charge on any atom is 0.181 e. The van der Waals surface area contributed by atoms with E-state index in [1.165, 1.54) is 17.4 Å². The number of nitrogens with zero attached hydrogens (tertiary/aromatic N) is 3. The molecule has 3 heterocycles. The Morgan fingerprint density at radius 2 is 2.03 bits per heavy atom. The molecular formula is C22H26FN7O2S. The number of aliphatic hydroxyl groups is 1. The van der Waals surface area contributed by atoms with Crippen LogP contribution >= 0.6 is 11.3 Å². The maximum atomic E-state index is 13.8. The normalized spacial score (nSPS) is 25.3. The molecule has 0 amide bonds. The van der Waals surface area contributed by atoms with Crippen LogP contribution in [0.3, 0.4) is 0 Å². The molecule has 174 valence electrons. The predicted octanol–water partition coefficient (Wildman–Crippen LogP) is 3.13. The Morgan fingerprint density at radius 3 is 2.79 bits per heavy atom. The Balaban J connectivity index is 1.51. The summed E-state index contributed by atoms with van der Waals surface area (Å²) in [7, 11) is 0. The highest BCUT2D eigenvalue weighted by molar-refractivity contribution is 7.16. The van der Waals surface area contributed by atoms with E-state index in [9.17, 15) is 9.50 Å². The lowest BCUT2D eigenvalue weighted by atomic mass is 9.60. The van der Waals surface area contributed by atoms with Crippen LogP contribution < -0.4 is 16.5 Å². The van der Waals surface area contributed by atoms with Gasteiger partial charge in [-0.15, -0.1) is 11.3 Å². The van der Waals surface area contributed by atoms with Gasteiger partial charge in [0.2, 0.25) is 0 Å². The van der Waals surface area contributed by atoms with Crippen LogP contribution in [0, 0.1) is 29.0 Å². The number of aliphatic hydroxyl groups excluding tert-OH is 1. The van der Waals surface area contributed by atoms with Crippen LogP contribution in [-0.2, 0) is 0 Å². The highest BCUT2D eigenvalue weighted by Gasteiger charge is 2.44. The van der Waals surface area contributed by atoms with Crippen molar-refractivity contribution in [2.75, 3.05) is 11.1 Å². The number of hydroxylamine groups is 1. The third kappa shape index (κ3) is 4.17. The lowest BCUT2D eigenvalue weighted by Crippen LogP contribution is -2.50. The van der Waals surface area contributed by atoms with Gasteiger partial charge in [-0.25, -0.2) is 19.3 Å². The van der Waals surface area contributed by atoms with E-state index >= 15 is 0 Å². The third-order valence-corrected chi connectivity index (χ3v) is 7.85. The Morgan fingerprint density at radius 1 is 1.27 bits per heavy atom. The maximum absolute atomic E-state index is 13.8. The van der Waals surface area contributed by atoms with Crippen molar-refractivity contribution in [2.24, 2.45) is 17.8 Å². The van der Waals surface area contributed by atoms with Gasteiger partial charge in [-0.2, -0.15) is 5.48 Å². The smallest absolute Gasteiger partial charge is 0.181 e. The Kier molecular flexibility index (Phi) is 5.95. The molecule has 3 aromatic heterocycles. The van der Waals surface area contributed by atoms with E-state index in [1.807, 2.05) is 16.9 Å². The van der Waals surface area contributed by atoms with Crippen LogP contribution in [0.25, 0.3) is 10.2 Å². The summed E-state index contributed by atoms with van der Waals surface area (Å²) >= 11 is 1.44. The number of hydrogen-bond acceptors (Lipinski definition) is 10. The van der Waals surface area contributed by atoms with Gasteiger partial charge in [-0.05, 0) is 67.4 Å². The standard InChI is InChI=1S/C22H26FN7O2S/c23-12-7-15(19(25)26-9-12)17(24)21-28-20(13-5-6-33-22(13)29-21)27-18-11-3-1-10(2-4-11)14(18)8-16(31)30-32/h5-7,9-11,14,16,18,24,30-32H,1-4,8H2,(H2,25,26)(H,27,28,29)/t10?,11?,14-,16?,18-/m0/s1. The molecule has 2 bridgehead atoms. The van der Waals surface area contributed by atoms with Crippen LogP contribution in [0.15, 0.2) is 23.7 Å². The van der Waals surface area contributed by atoms with Crippen molar-refractivity contribution < 1.29 is 14.7 Å². The fourth-order valence-corrected chi connectivity index (χ4v) is 6.22. The van der Waals surface area contributed by atoms with Crippen molar-refractivity contribution in [3.05, 3.63) is 40.9 Å². The molecule has 3 aliphatic carbocycles. The number of nitrogens with one attached hydrogen (secondary N) is 3. The van der Waals surface area contributed by atoms with E-state index in [0.29, 0.717) is 28.9 Å². The number of hydrogen-bond donors (Lipinski definition) is 6. The monoisotopic (exact) mass is 471 g/mol. The largest absolute Gasteiger partial charge is 0.383 e. The summed E-state index contributed by atoms with van der Waals surface area (Å²) in [5, 5.41) is 34.2. The molecule has 6 rings (SSSR count). The molecule has 7 N–H and O–H groups in total. The Hall–Kier alpha value is -2.73. The molecule has 11 heteroatoms. The van der Waals surface area contributed by atoms with Crippen molar-refractivity contribution in [1.29, 1.82) is 5.41 Å². The van der Waals surface area contributed by atoms with E-state index in [1.54, 1.807) is 0 Å². The van der Waals surface area contributed by atoms with Crippen LogP contribution in [0.4, 0.5) is 16.0 Å². The van der Waals surface area contributed by atoms with Gasteiger partial charge in [0, 0.05) is 11.6 Å². The van der Waals surface area contributed by atoms with Gasteiger partial charge in [-0.1, -0.05) is 0 Å². The number of nitrogen functional groups attached to an aromatic ring is 1. The molecule has 3 atom stereocenters. The third-order valence-electron chi connectivity index (χ3n) is 7.04. The second-order valence-corrected chi connectivity index (χ2v) is 9.78. The predicted molar refractivity (Wildman–Crippen MR) is 124 cm³/mol.